The van der Waals surface area contributed by atoms with Crippen molar-refractivity contribution in [3.05, 3.63) is 47.7 Å². The first kappa shape index (κ1) is 11.4. The highest BCUT2D eigenvalue weighted by Crippen LogP contribution is 2.22. The topological polar surface area (TPSA) is 69.9 Å². The summed E-state index contributed by atoms with van der Waals surface area (Å²) in [7, 11) is 1.97. The van der Waals surface area contributed by atoms with Crippen molar-refractivity contribution in [1.82, 2.24) is 0 Å². The molecule has 0 aliphatic carbocycles. The van der Waals surface area contributed by atoms with E-state index in [1.54, 1.807) is 12.1 Å². The summed E-state index contributed by atoms with van der Waals surface area (Å²) < 4.78 is 5.62. The number of carbonyl (C=O) groups is 1. The lowest BCUT2D eigenvalue weighted by molar-refractivity contribution is -0.645. The summed E-state index contributed by atoms with van der Waals surface area (Å²) >= 11 is 0. The van der Waals surface area contributed by atoms with Crippen LogP contribution in [0.1, 0.15) is 16.1 Å². The van der Waals surface area contributed by atoms with Gasteiger partial charge in [0.2, 0.25) is 0 Å². The van der Waals surface area contributed by atoms with Gasteiger partial charge in [-0.1, -0.05) is 24.3 Å². The number of furan rings is 1. The van der Waals surface area contributed by atoms with Crippen LogP contribution in [-0.4, -0.2) is 13.0 Å². The zero-order valence-corrected chi connectivity index (χ0v) is 9.47. The molecule has 4 heteroatoms. The van der Waals surface area contributed by atoms with Crippen molar-refractivity contribution >= 4 is 5.97 Å². The zero-order valence-electron chi connectivity index (χ0n) is 9.47. The lowest BCUT2D eigenvalue weighted by Gasteiger charge is -2.02. The zero-order chi connectivity index (χ0) is 12.3. The molecule has 1 aromatic heterocycles. The molecule has 0 spiro atoms. The SMILES string of the molecule is C[NH2+]Cc1ccc(-c2ccc(C(=O)[O-])cc2)o1. The molecule has 0 aliphatic rings. The lowest BCUT2D eigenvalue weighted by Crippen LogP contribution is -2.77. The van der Waals surface area contributed by atoms with Crippen LogP contribution in [0, 0.1) is 0 Å². The minimum absolute atomic E-state index is 0.169. The Balaban J connectivity index is 2.23. The van der Waals surface area contributed by atoms with Gasteiger partial charge in [0.05, 0.1) is 13.0 Å². The number of benzene rings is 1. The normalized spacial score (nSPS) is 10.4. The van der Waals surface area contributed by atoms with Gasteiger partial charge < -0.3 is 19.6 Å². The third-order valence-electron chi connectivity index (χ3n) is 2.47. The highest BCUT2D eigenvalue weighted by molar-refractivity contribution is 5.86. The molecule has 2 rings (SSSR count). The smallest absolute Gasteiger partial charge is 0.158 e. The van der Waals surface area contributed by atoms with Crippen LogP contribution in [0.4, 0.5) is 0 Å². The number of aromatic carboxylic acids is 1. The number of carboxylic acid groups (broad SMARTS) is 1. The van der Waals surface area contributed by atoms with Crippen molar-refractivity contribution in [3.8, 4) is 11.3 Å². The summed E-state index contributed by atoms with van der Waals surface area (Å²) in [6.45, 7) is 0.789. The monoisotopic (exact) mass is 231 g/mol. The number of hydrogen-bond donors (Lipinski definition) is 1. The molecule has 4 nitrogen and oxygen atoms in total. The fourth-order valence-electron chi connectivity index (χ4n) is 1.61. The Hall–Kier alpha value is -2.07. The van der Waals surface area contributed by atoms with E-state index < -0.39 is 5.97 Å². The molecule has 2 aromatic rings. The van der Waals surface area contributed by atoms with E-state index in [4.69, 9.17) is 4.42 Å². The molecule has 0 aliphatic heterocycles. The summed E-state index contributed by atoms with van der Waals surface area (Å²) in [6.07, 6.45) is 0. The van der Waals surface area contributed by atoms with Gasteiger partial charge in [0.15, 0.2) is 5.76 Å². The maximum atomic E-state index is 10.6. The van der Waals surface area contributed by atoms with E-state index >= 15 is 0 Å². The van der Waals surface area contributed by atoms with Crippen molar-refractivity contribution in [1.29, 1.82) is 0 Å². The molecule has 0 bridgehead atoms. The van der Waals surface area contributed by atoms with Crippen LogP contribution < -0.4 is 10.4 Å². The summed E-state index contributed by atoms with van der Waals surface area (Å²) in [6, 6.07) is 10.2. The highest BCUT2D eigenvalue weighted by Gasteiger charge is 2.05. The van der Waals surface area contributed by atoms with E-state index in [1.165, 1.54) is 12.1 Å². The molecule has 1 aromatic carbocycles. The van der Waals surface area contributed by atoms with Gasteiger partial charge in [-0.2, -0.15) is 0 Å². The second kappa shape index (κ2) is 4.84. The molecular weight excluding hydrogens is 218 g/mol. The molecule has 88 valence electrons. The largest absolute Gasteiger partial charge is 0.545 e. The Bertz CT molecular complexity index is 514. The first-order chi connectivity index (χ1) is 8.20. The standard InChI is InChI=1S/C13H13NO3/c1-14-8-11-6-7-12(17-11)9-2-4-10(5-3-9)13(15)16/h2-7,14H,8H2,1H3,(H,15,16). The van der Waals surface area contributed by atoms with Gasteiger partial charge in [-0.25, -0.2) is 0 Å². The predicted molar refractivity (Wildman–Crippen MR) is 60.0 cm³/mol. The summed E-state index contributed by atoms with van der Waals surface area (Å²) in [5.41, 5.74) is 1.03. The van der Waals surface area contributed by atoms with Crippen molar-refractivity contribution in [2.45, 2.75) is 6.54 Å². The van der Waals surface area contributed by atoms with Crippen molar-refractivity contribution < 1.29 is 19.6 Å². The fraction of sp³-hybridized carbons (Fsp3) is 0.154. The third-order valence-corrected chi connectivity index (χ3v) is 2.47. The van der Waals surface area contributed by atoms with E-state index in [2.05, 4.69) is 0 Å². The van der Waals surface area contributed by atoms with Gasteiger partial charge in [-0.15, -0.1) is 0 Å². The van der Waals surface area contributed by atoms with E-state index in [0.29, 0.717) is 0 Å². The summed E-state index contributed by atoms with van der Waals surface area (Å²) in [5, 5.41) is 12.6. The van der Waals surface area contributed by atoms with Crippen molar-refractivity contribution in [2.24, 2.45) is 0 Å². The van der Waals surface area contributed by atoms with Crippen molar-refractivity contribution in [3.63, 3.8) is 0 Å². The van der Waals surface area contributed by atoms with Crippen LogP contribution in [0.15, 0.2) is 40.8 Å². The van der Waals surface area contributed by atoms with Crippen molar-refractivity contribution in [2.75, 3.05) is 7.05 Å². The summed E-state index contributed by atoms with van der Waals surface area (Å²) in [5.74, 6) is 0.468. The first-order valence-electron chi connectivity index (χ1n) is 5.39. The van der Waals surface area contributed by atoms with Gasteiger partial charge in [0.25, 0.3) is 0 Å². The molecule has 0 fully saturated rings. The number of nitrogens with two attached hydrogens (primary N) is 1. The number of carboxylic acids is 1. The molecule has 1 heterocycles. The maximum Gasteiger partial charge on any atom is 0.158 e. The fourth-order valence-corrected chi connectivity index (χ4v) is 1.61. The van der Waals surface area contributed by atoms with Crippen LogP contribution in [0.3, 0.4) is 0 Å². The maximum absolute atomic E-state index is 10.6. The average Bonchev–Trinajstić information content (AvgIpc) is 2.78. The number of quaternary nitrogens is 1. The number of rotatable bonds is 4. The molecule has 2 N–H and O–H groups in total. The Labute approximate surface area is 98.9 Å². The molecule has 0 radical (unpaired) electrons. The molecule has 0 saturated heterocycles. The van der Waals surface area contributed by atoms with E-state index in [-0.39, 0.29) is 5.56 Å². The van der Waals surface area contributed by atoms with Gasteiger partial charge in [0, 0.05) is 5.56 Å². The second-order valence-electron chi connectivity index (χ2n) is 3.74. The Morgan fingerprint density at radius 3 is 2.53 bits per heavy atom. The number of hydrogen-bond acceptors (Lipinski definition) is 3. The Morgan fingerprint density at radius 1 is 1.24 bits per heavy atom. The lowest BCUT2D eigenvalue weighted by atomic mass is 10.1. The Morgan fingerprint density at radius 2 is 1.94 bits per heavy atom. The third kappa shape index (κ3) is 2.54. The highest BCUT2D eigenvalue weighted by atomic mass is 16.4. The molecule has 0 unspecified atom stereocenters. The minimum atomic E-state index is -1.17. The first-order valence-corrected chi connectivity index (χ1v) is 5.39. The van der Waals surface area contributed by atoms with E-state index in [0.717, 1.165) is 23.6 Å². The number of carbonyl (C=O) groups excluding carboxylic acids is 1. The van der Waals surface area contributed by atoms with Crippen LogP contribution >= 0.6 is 0 Å². The van der Waals surface area contributed by atoms with Gasteiger partial charge in [-0.3, -0.25) is 0 Å². The van der Waals surface area contributed by atoms with Gasteiger partial charge in [-0.05, 0) is 17.7 Å². The average molecular weight is 231 g/mol. The Kier molecular flexibility index (Phi) is 3.25. The van der Waals surface area contributed by atoms with Crippen LogP contribution in [0.2, 0.25) is 0 Å². The van der Waals surface area contributed by atoms with Crippen LogP contribution in [0.5, 0.6) is 0 Å². The molecular formula is C13H13NO3. The van der Waals surface area contributed by atoms with Gasteiger partial charge >= 0.3 is 0 Å². The molecule has 0 saturated carbocycles. The van der Waals surface area contributed by atoms with Crippen LogP contribution in [-0.2, 0) is 6.54 Å². The van der Waals surface area contributed by atoms with E-state index in [1.807, 2.05) is 24.5 Å². The quantitative estimate of drug-likeness (QED) is 0.805. The van der Waals surface area contributed by atoms with Crippen LogP contribution in [0.25, 0.3) is 11.3 Å². The molecule has 17 heavy (non-hydrogen) atoms. The minimum Gasteiger partial charge on any atom is -0.545 e. The molecule has 0 atom stereocenters. The second-order valence-corrected chi connectivity index (χ2v) is 3.74. The molecule has 0 amide bonds. The predicted octanol–water partition coefficient (Wildman–Crippen LogP) is 0.00330. The van der Waals surface area contributed by atoms with E-state index in [9.17, 15) is 9.90 Å². The summed E-state index contributed by atoms with van der Waals surface area (Å²) in [4.78, 5) is 10.6. The van der Waals surface area contributed by atoms with Gasteiger partial charge in [0.1, 0.15) is 12.3 Å².